The molecule has 37 heavy (non-hydrogen) atoms. The van der Waals surface area contributed by atoms with Crippen LogP contribution in [0.3, 0.4) is 0 Å². The number of carbonyl (C=O) groups is 4. The van der Waals surface area contributed by atoms with Gasteiger partial charge in [-0.15, -0.1) is 0 Å². The van der Waals surface area contributed by atoms with E-state index < -0.39 is 36.0 Å². The molecule has 0 unspecified atom stereocenters. The number of carboxylic acids is 1. The molecule has 0 aliphatic rings. The summed E-state index contributed by atoms with van der Waals surface area (Å²) in [6.45, 7) is -0.0880. The van der Waals surface area contributed by atoms with Crippen LogP contribution in [-0.2, 0) is 25.6 Å². The van der Waals surface area contributed by atoms with Crippen LogP contribution in [0.1, 0.15) is 26.3 Å². The molecule has 2 atom stereocenters. The summed E-state index contributed by atoms with van der Waals surface area (Å²) in [5.74, 6) is -4.33. The standard InChI is InChI=1S/C26H21Cl2NO8/c1-35-20-5-3-2-4-17(20)14-29-23(30)21(36-25(33)15-6-10-18(27)11-7-15)22(24(31)32)37-26(34)16-8-12-19(28)13-9-16/h2-13,21-22H,14H2,1H3,(H,29,30)(H,31,32)/t21-,22+/m0/s1. The highest BCUT2D eigenvalue weighted by molar-refractivity contribution is 6.31. The molecule has 192 valence electrons. The number of ether oxygens (including phenoxy) is 3. The molecular weight excluding hydrogens is 525 g/mol. The van der Waals surface area contributed by atoms with Gasteiger partial charge < -0.3 is 24.6 Å². The Hall–Kier alpha value is -4.08. The molecule has 0 aliphatic heterocycles. The molecule has 2 N–H and O–H groups in total. The number of hydrogen-bond donors (Lipinski definition) is 2. The number of amides is 1. The van der Waals surface area contributed by atoms with E-state index in [0.29, 0.717) is 21.4 Å². The van der Waals surface area contributed by atoms with Crippen molar-refractivity contribution in [3.63, 3.8) is 0 Å². The van der Waals surface area contributed by atoms with E-state index in [1.165, 1.54) is 55.6 Å². The average molecular weight is 546 g/mol. The first-order valence-electron chi connectivity index (χ1n) is 10.7. The van der Waals surface area contributed by atoms with E-state index in [0.717, 1.165) is 0 Å². The number of benzene rings is 3. The fourth-order valence-corrected chi connectivity index (χ4v) is 3.42. The molecule has 0 saturated heterocycles. The second-order valence-corrected chi connectivity index (χ2v) is 8.41. The summed E-state index contributed by atoms with van der Waals surface area (Å²) in [6.07, 6.45) is -4.20. The second kappa shape index (κ2) is 12.8. The molecule has 0 saturated carbocycles. The van der Waals surface area contributed by atoms with Crippen LogP contribution >= 0.6 is 23.2 Å². The third-order valence-corrected chi connectivity index (χ3v) is 5.55. The van der Waals surface area contributed by atoms with Crippen LogP contribution in [0, 0.1) is 0 Å². The number of nitrogens with one attached hydrogen (secondary N) is 1. The first-order valence-corrected chi connectivity index (χ1v) is 11.5. The number of methoxy groups -OCH3 is 1. The molecule has 0 heterocycles. The molecule has 0 aliphatic carbocycles. The van der Waals surface area contributed by atoms with E-state index in [9.17, 15) is 24.3 Å². The number of carbonyl (C=O) groups excluding carboxylic acids is 3. The fraction of sp³-hybridized carbons (Fsp3) is 0.154. The van der Waals surface area contributed by atoms with Gasteiger partial charge >= 0.3 is 17.9 Å². The van der Waals surface area contributed by atoms with Crippen LogP contribution in [0.25, 0.3) is 0 Å². The molecule has 9 nitrogen and oxygen atoms in total. The normalized spacial score (nSPS) is 12.1. The Morgan fingerprint density at radius 2 is 1.27 bits per heavy atom. The molecule has 0 radical (unpaired) electrons. The van der Waals surface area contributed by atoms with Crippen molar-refractivity contribution in [3.8, 4) is 5.75 Å². The van der Waals surface area contributed by atoms with Gasteiger partial charge in [0.15, 0.2) is 0 Å². The molecule has 3 aromatic carbocycles. The zero-order valence-corrected chi connectivity index (χ0v) is 20.9. The topological polar surface area (TPSA) is 128 Å². The quantitative estimate of drug-likeness (QED) is 0.363. The monoisotopic (exact) mass is 545 g/mol. The van der Waals surface area contributed by atoms with Crippen molar-refractivity contribution < 1.29 is 38.5 Å². The minimum absolute atomic E-state index is 0.0000881. The lowest BCUT2D eigenvalue weighted by Crippen LogP contribution is -2.50. The number of esters is 2. The smallest absolute Gasteiger partial charge is 0.349 e. The van der Waals surface area contributed by atoms with Crippen LogP contribution in [0.2, 0.25) is 10.0 Å². The molecule has 1 amide bonds. The van der Waals surface area contributed by atoms with Gasteiger partial charge in [-0.2, -0.15) is 0 Å². The van der Waals surface area contributed by atoms with Gasteiger partial charge in [0.05, 0.1) is 18.2 Å². The van der Waals surface area contributed by atoms with Crippen molar-refractivity contribution in [3.05, 3.63) is 99.5 Å². The zero-order chi connectivity index (χ0) is 26.9. The Morgan fingerprint density at radius 1 is 0.784 bits per heavy atom. The highest BCUT2D eigenvalue weighted by Gasteiger charge is 2.41. The average Bonchev–Trinajstić information content (AvgIpc) is 2.89. The lowest BCUT2D eigenvalue weighted by Gasteiger charge is -2.24. The van der Waals surface area contributed by atoms with Crippen LogP contribution in [-0.4, -0.2) is 48.2 Å². The first kappa shape index (κ1) is 27.5. The van der Waals surface area contributed by atoms with Crippen molar-refractivity contribution in [1.82, 2.24) is 5.32 Å². The van der Waals surface area contributed by atoms with Crippen molar-refractivity contribution >= 4 is 47.0 Å². The van der Waals surface area contributed by atoms with Gasteiger partial charge in [-0.05, 0) is 54.6 Å². The molecular formula is C26H21Cl2NO8. The van der Waals surface area contributed by atoms with E-state index in [1.807, 2.05) is 0 Å². The van der Waals surface area contributed by atoms with Crippen molar-refractivity contribution in [2.45, 2.75) is 18.8 Å². The van der Waals surface area contributed by atoms with Crippen LogP contribution in [0.15, 0.2) is 72.8 Å². The third-order valence-electron chi connectivity index (χ3n) is 5.05. The summed E-state index contributed by atoms with van der Waals surface area (Å²) in [5.41, 5.74) is 0.555. The Labute approximate surface area is 221 Å². The van der Waals surface area contributed by atoms with Gasteiger partial charge in [0.2, 0.25) is 12.2 Å². The predicted octanol–water partition coefficient (Wildman–Crippen LogP) is 4.15. The number of halogens is 2. The Kier molecular flexibility index (Phi) is 9.48. The first-order chi connectivity index (χ1) is 17.7. The van der Waals surface area contributed by atoms with E-state index in [4.69, 9.17) is 37.4 Å². The maximum absolute atomic E-state index is 13.1. The molecule has 0 aromatic heterocycles. The summed E-state index contributed by atoms with van der Waals surface area (Å²) in [6, 6.07) is 17.8. The summed E-state index contributed by atoms with van der Waals surface area (Å²) in [5, 5.41) is 13.0. The van der Waals surface area contributed by atoms with E-state index >= 15 is 0 Å². The Bertz CT molecular complexity index is 1280. The fourth-order valence-electron chi connectivity index (χ4n) is 3.17. The van der Waals surface area contributed by atoms with E-state index in [1.54, 1.807) is 24.3 Å². The van der Waals surface area contributed by atoms with Gasteiger partial charge in [-0.1, -0.05) is 41.4 Å². The Morgan fingerprint density at radius 3 is 1.76 bits per heavy atom. The van der Waals surface area contributed by atoms with Gasteiger partial charge in [0.1, 0.15) is 5.75 Å². The van der Waals surface area contributed by atoms with Crippen LogP contribution in [0.4, 0.5) is 0 Å². The number of para-hydroxylation sites is 1. The van der Waals surface area contributed by atoms with E-state index in [-0.39, 0.29) is 17.7 Å². The lowest BCUT2D eigenvalue weighted by molar-refractivity contribution is -0.159. The predicted molar refractivity (Wildman–Crippen MR) is 134 cm³/mol. The zero-order valence-electron chi connectivity index (χ0n) is 19.4. The Balaban J connectivity index is 1.87. The molecule has 0 bridgehead atoms. The molecule has 11 heteroatoms. The molecule has 0 spiro atoms. The lowest BCUT2D eigenvalue weighted by atomic mass is 10.1. The van der Waals surface area contributed by atoms with E-state index in [2.05, 4.69) is 5.32 Å². The highest BCUT2D eigenvalue weighted by Crippen LogP contribution is 2.19. The van der Waals surface area contributed by atoms with Crippen molar-refractivity contribution in [2.24, 2.45) is 0 Å². The van der Waals surface area contributed by atoms with Crippen molar-refractivity contribution in [2.75, 3.05) is 7.11 Å². The highest BCUT2D eigenvalue weighted by atomic mass is 35.5. The number of rotatable bonds is 10. The SMILES string of the molecule is COc1ccccc1CNC(=O)[C@@H](OC(=O)c1ccc(Cl)cc1)[C@@H](OC(=O)c1ccc(Cl)cc1)C(=O)O. The third kappa shape index (κ3) is 7.45. The van der Waals surface area contributed by atoms with Gasteiger partial charge in [-0.3, -0.25) is 4.79 Å². The van der Waals surface area contributed by atoms with Gasteiger partial charge in [-0.25, -0.2) is 14.4 Å². The summed E-state index contributed by atoms with van der Waals surface area (Å²) >= 11 is 11.7. The largest absolute Gasteiger partial charge is 0.496 e. The molecule has 0 fully saturated rings. The minimum atomic E-state index is -2.17. The number of hydrogen-bond acceptors (Lipinski definition) is 7. The van der Waals surface area contributed by atoms with Gasteiger partial charge in [0, 0.05) is 22.2 Å². The summed E-state index contributed by atoms with van der Waals surface area (Å²) < 4.78 is 15.6. The number of carboxylic acid groups (broad SMARTS) is 1. The molecule has 3 rings (SSSR count). The van der Waals surface area contributed by atoms with Crippen LogP contribution in [0.5, 0.6) is 5.75 Å². The molecule has 3 aromatic rings. The maximum Gasteiger partial charge on any atom is 0.349 e. The minimum Gasteiger partial charge on any atom is -0.496 e. The number of aliphatic carboxylic acids is 1. The summed E-state index contributed by atoms with van der Waals surface area (Å²) in [4.78, 5) is 50.6. The van der Waals surface area contributed by atoms with Crippen molar-refractivity contribution in [1.29, 1.82) is 0 Å². The summed E-state index contributed by atoms with van der Waals surface area (Å²) in [7, 11) is 1.45. The van der Waals surface area contributed by atoms with Gasteiger partial charge in [0.25, 0.3) is 5.91 Å². The second-order valence-electron chi connectivity index (χ2n) is 7.53. The maximum atomic E-state index is 13.1. The van der Waals surface area contributed by atoms with Crippen LogP contribution < -0.4 is 10.1 Å².